The Morgan fingerprint density at radius 2 is 1.70 bits per heavy atom. The van der Waals surface area contributed by atoms with Crippen LogP contribution in [0.1, 0.15) is 48.1 Å². The lowest BCUT2D eigenvalue weighted by atomic mass is 9.96. The summed E-state index contributed by atoms with van der Waals surface area (Å²) in [6.07, 6.45) is 4.38. The van der Waals surface area contributed by atoms with Crippen molar-refractivity contribution in [2.24, 2.45) is 0 Å². The van der Waals surface area contributed by atoms with Crippen LogP contribution in [0.2, 0.25) is 0 Å². The van der Waals surface area contributed by atoms with Crippen molar-refractivity contribution in [3.05, 3.63) is 53.1 Å². The van der Waals surface area contributed by atoms with Crippen LogP contribution in [0.5, 0.6) is 0 Å². The molecule has 0 saturated carbocycles. The molecule has 3 aromatic rings. The van der Waals surface area contributed by atoms with Crippen LogP contribution in [0, 0.1) is 13.8 Å². The number of carbonyl (C=O) groups is 1. The van der Waals surface area contributed by atoms with E-state index in [1.807, 2.05) is 57.7 Å². The molecular formula is C22H26N4O. The Labute approximate surface area is 160 Å². The number of amides is 1. The maximum Gasteiger partial charge on any atom is 0.254 e. The summed E-state index contributed by atoms with van der Waals surface area (Å²) in [6.45, 7) is 11.4. The minimum Gasteiger partial charge on any atom is -0.339 e. The molecule has 0 radical (unpaired) electrons. The summed E-state index contributed by atoms with van der Waals surface area (Å²) in [5.41, 5.74) is 5.13. The second kappa shape index (κ2) is 7.82. The van der Waals surface area contributed by atoms with Crippen LogP contribution >= 0.6 is 0 Å². The Morgan fingerprint density at radius 3 is 2.30 bits per heavy atom. The van der Waals surface area contributed by atoms with E-state index in [0.29, 0.717) is 13.1 Å². The molecule has 0 unspecified atom stereocenters. The summed E-state index contributed by atoms with van der Waals surface area (Å²) in [6, 6.07) is 6.05. The first-order valence-corrected chi connectivity index (χ1v) is 9.51. The van der Waals surface area contributed by atoms with Gasteiger partial charge in [-0.1, -0.05) is 18.6 Å². The largest absolute Gasteiger partial charge is 0.339 e. The molecule has 0 atom stereocenters. The first-order valence-electron chi connectivity index (χ1n) is 9.51. The molecule has 0 aliphatic carbocycles. The van der Waals surface area contributed by atoms with E-state index >= 15 is 0 Å². The van der Waals surface area contributed by atoms with Crippen molar-refractivity contribution in [2.75, 3.05) is 13.1 Å². The molecule has 0 saturated heterocycles. The molecule has 27 heavy (non-hydrogen) atoms. The van der Waals surface area contributed by atoms with Crippen LogP contribution in [-0.2, 0) is 6.42 Å². The third-order valence-electron chi connectivity index (χ3n) is 4.94. The van der Waals surface area contributed by atoms with Gasteiger partial charge in [0, 0.05) is 42.9 Å². The predicted molar refractivity (Wildman–Crippen MR) is 109 cm³/mol. The third-order valence-corrected chi connectivity index (χ3v) is 4.94. The van der Waals surface area contributed by atoms with Gasteiger partial charge in [-0.3, -0.25) is 4.79 Å². The van der Waals surface area contributed by atoms with Gasteiger partial charge in [-0.25, -0.2) is 15.0 Å². The summed E-state index contributed by atoms with van der Waals surface area (Å²) in [5.74, 6) is 0.843. The quantitative estimate of drug-likeness (QED) is 0.677. The molecule has 0 aliphatic rings. The minimum atomic E-state index is 0.0443. The van der Waals surface area contributed by atoms with Crippen LogP contribution in [0.3, 0.4) is 0 Å². The normalized spacial score (nSPS) is 11.0. The van der Waals surface area contributed by atoms with Crippen molar-refractivity contribution in [1.29, 1.82) is 0 Å². The van der Waals surface area contributed by atoms with E-state index in [-0.39, 0.29) is 5.91 Å². The van der Waals surface area contributed by atoms with Gasteiger partial charge in [0.05, 0.1) is 16.8 Å². The molecule has 5 heteroatoms. The first kappa shape index (κ1) is 19.0. The number of hydrogen-bond donors (Lipinski definition) is 0. The van der Waals surface area contributed by atoms with E-state index in [4.69, 9.17) is 4.98 Å². The van der Waals surface area contributed by atoms with E-state index in [9.17, 15) is 4.79 Å². The Hall–Kier alpha value is -2.82. The lowest BCUT2D eigenvalue weighted by Gasteiger charge is -2.22. The van der Waals surface area contributed by atoms with Crippen molar-refractivity contribution in [3.8, 4) is 11.3 Å². The standard InChI is InChI=1S/C22H26N4O/c1-6-19-23-12-16(13-24-19)21-15(5)20(22(27)26(7-2)8-3)17-11-14(4)9-10-18(17)25-21/h9-13H,6-8H2,1-5H3. The molecule has 0 fully saturated rings. The fourth-order valence-electron chi connectivity index (χ4n) is 3.36. The number of benzene rings is 1. The van der Waals surface area contributed by atoms with E-state index in [1.165, 1.54) is 0 Å². The van der Waals surface area contributed by atoms with Crippen molar-refractivity contribution in [3.63, 3.8) is 0 Å². The molecule has 0 spiro atoms. The molecule has 3 rings (SSSR count). The summed E-state index contributed by atoms with van der Waals surface area (Å²) < 4.78 is 0. The van der Waals surface area contributed by atoms with E-state index in [2.05, 4.69) is 9.97 Å². The number of rotatable bonds is 5. The highest BCUT2D eigenvalue weighted by atomic mass is 16.2. The van der Waals surface area contributed by atoms with Gasteiger partial charge >= 0.3 is 0 Å². The molecule has 0 aliphatic heterocycles. The van der Waals surface area contributed by atoms with Gasteiger partial charge in [0.25, 0.3) is 5.91 Å². The van der Waals surface area contributed by atoms with Gasteiger partial charge in [-0.2, -0.15) is 0 Å². The van der Waals surface area contributed by atoms with Gasteiger partial charge in [0.2, 0.25) is 0 Å². The molecule has 1 amide bonds. The summed E-state index contributed by atoms with van der Waals surface area (Å²) in [7, 11) is 0. The highest BCUT2D eigenvalue weighted by Gasteiger charge is 2.22. The van der Waals surface area contributed by atoms with E-state index < -0.39 is 0 Å². The van der Waals surface area contributed by atoms with Gasteiger partial charge in [0.1, 0.15) is 5.82 Å². The van der Waals surface area contributed by atoms with Crippen LogP contribution < -0.4 is 0 Å². The predicted octanol–water partition coefficient (Wildman–Crippen LogP) is 4.35. The number of fused-ring (bicyclic) bond motifs is 1. The molecule has 1 aromatic carbocycles. The summed E-state index contributed by atoms with van der Waals surface area (Å²) in [5, 5.41) is 0.902. The number of carbonyl (C=O) groups excluding carboxylic acids is 1. The van der Waals surface area contributed by atoms with Crippen molar-refractivity contribution < 1.29 is 4.79 Å². The molecular weight excluding hydrogens is 336 g/mol. The minimum absolute atomic E-state index is 0.0443. The van der Waals surface area contributed by atoms with Gasteiger partial charge in [-0.05, 0) is 45.4 Å². The molecule has 2 aromatic heterocycles. The highest BCUT2D eigenvalue weighted by molar-refractivity contribution is 6.09. The Kier molecular flexibility index (Phi) is 5.49. The lowest BCUT2D eigenvalue weighted by Crippen LogP contribution is -2.31. The van der Waals surface area contributed by atoms with Gasteiger partial charge < -0.3 is 4.90 Å². The lowest BCUT2D eigenvalue weighted by molar-refractivity contribution is 0.0774. The Balaban J connectivity index is 2.28. The molecule has 5 nitrogen and oxygen atoms in total. The van der Waals surface area contributed by atoms with Crippen molar-refractivity contribution in [1.82, 2.24) is 19.9 Å². The molecule has 2 heterocycles. The second-order valence-electron chi connectivity index (χ2n) is 6.70. The van der Waals surface area contributed by atoms with E-state index in [0.717, 1.165) is 51.1 Å². The maximum atomic E-state index is 13.3. The molecule has 140 valence electrons. The first-order chi connectivity index (χ1) is 13.0. The molecule has 0 N–H and O–H groups in total. The van der Waals surface area contributed by atoms with Crippen molar-refractivity contribution in [2.45, 2.75) is 41.0 Å². The number of pyridine rings is 1. The second-order valence-corrected chi connectivity index (χ2v) is 6.70. The Morgan fingerprint density at radius 1 is 1.04 bits per heavy atom. The summed E-state index contributed by atoms with van der Waals surface area (Å²) >= 11 is 0. The van der Waals surface area contributed by atoms with Gasteiger partial charge in [0.15, 0.2) is 0 Å². The highest BCUT2D eigenvalue weighted by Crippen LogP contribution is 2.30. The number of aromatic nitrogens is 3. The zero-order chi connectivity index (χ0) is 19.6. The SMILES string of the molecule is CCc1ncc(-c2nc3ccc(C)cc3c(C(=O)N(CC)CC)c2C)cn1. The summed E-state index contributed by atoms with van der Waals surface area (Å²) in [4.78, 5) is 28.8. The van der Waals surface area contributed by atoms with Crippen LogP contribution in [-0.4, -0.2) is 38.8 Å². The zero-order valence-corrected chi connectivity index (χ0v) is 16.7. The zero-order valence-electron chi connectivity index (χ0n) is 16.7. The number of nitrogens with zero attached hydrogens (tertiary/aromatic N) is 4. The number of hydrogen-bond acceptors (Lipinski definition) is 4. The smallest absolute Gasteiger partial charge is 0.254 e. The third kappa shape index (κ3) is 3.54. The van der Waals surface area contributed by atoms with Crippen molar-refractivity contribution >= 4 is 16.8 Å². The van der Waals surface area contributed by atoms with Crippen LogP contribution in [0.15, 0.2) is 30.6 Å². The fourth-order valence-corrected chi connectivity index (χ4v) is 3.36. The maximum absolute atomic E-state index is 13.3. The average Bonchev–Trinajstić information content (AvgIpc) is 2.68. The monoisotopic (exact) mass is 362 g/mol. The number of aryl methyl sites for hydroxylation is 2. The topological polar surface area (TPSA) is 59.0 Å². The van der Waals surface area contributed by atoms with Crippen LogP contribution in [0.4, 0.5) is 0 Å². The van der Waals surface area contributed by atoms with Crippen LogP contribution in [0.25, 0.3) is 22.2 Å². The van der Waals surface area contributed by atoms with E-state index in [1.54, 1.807) is 12.4 Å². The fraction of sp³-hybridized carbons (Fsp3) is 0.364. The van der Waals surface area contributed by atoms with Gasteiger partial charge in [-0.15, -0.1) is 0 Å². The average molecular weight is 362 g/mol. The Bertz CT molecular complexity index is 976. The molecule has 0 bridgehead atoms.